The van der Waals surface area contributed by atoms with Gasteiger partial charge in [-0.2, -0.15) is 0 Å². The van der Waals surface area contributed by atoms with Crippen molar-refractivity contribution in [3.63, 3.8) is 0 Å². The van der Waals surface area contributed by atoms with Gasteiger partial charge in [-0.05, 0) is 62.9 Å². The lowest BCUT2D eigenvalue weighted by Gasteiger charge is -2.35. The van der Waals surface area contributed by atoms with Crippen LogP contribution < -0.4 is 0 Å². The summed E-state index contributed by atoms with van der Waals surface area (Å²) < 4.78 is 7.39. The molecule has 2 heterocycles. The maximum atomic E-state index is 12.6. The lowest BCUT2D eigenvalue weighted by Crippen LogP contribution is -2.45. The number of esters is 1. The van der Waals surface area contributed by atoms with Gasteiger partial charge in [0.2, 0.25) is 0 Å². The van der Waals surface area contributed by atoms with Gasteiger partial charge >= 0.3 is 5.97 Å². The summed E-state index contributed by atoms with van der Waals surface area (Å²) in [7, 11) is 0. The molecule has 0 bridgehead atoms. The molecule has 0 unspecified atom stereocenters. The summed E-state index contributed by atoms with van der Waals surface area (Å²) in [5.74, 6) is 0.231. The SMILES string of the molecule is CC[C@@H]1CCCCN1C(=O)COC(=O)c1ccc2c(c1)nc(C)n2-c1ccccc1. The van der Waals surface area contributed by atoms with Crippen molar-refractivity contribution in [2.45, 2.75) is 45.6 Å². The molecular weight excluding hydrogens is 378 g/mol. The van der Waals surface area contributed by atoms with Gasteiger partial charge in [0, 0.05) is 18.3 Å². The van der Waals surface area contributed by atoms with E-state index in [2.05, 4.69) is 16.5 Å². The molecule has 0 aliphatic carbocycles. The number of benzene rings is 2. The number of amides is 1. The molecule has 1 amide bonds. The van der Waals surface area contributed by atoms with Gasteiger partial charge in [-0.25, -0.2) is 9.78 Å². The minimum Gasteiger partial charge on any atom is -0.452 e. The molecule has 1 fully saturated rings. The zero-order valence-corrected chi connectivity index (χ0v) is 17.5. The quantitative estimate of drug-likeness (QED) is 0.594. The molecule has 2 aromatic carbocycles. The number of nitrogens with zero attached hydrogens (tertiary/aromatic N) is 3. The Labute approximate surface area is 176 Å². The van der Waals surface area contributed by atoms with E-state index in [0.717, 1.165) is 54.8 Å². The molecule has 0 saturated carbocycles. The number of aryl methyl sites for hydroxylation is 1. The number of carbonyl (C=O) groups is 2. The van der Waals surface area contributed by atoms with E-state index < -0.39 is 5.97 Å². The number of fused-ring (bicyclic) bond motifs is 1. The van der Waals surface area contributed by atoms with Gasteiger partial charge in [0.05, 0.1) is 16.6 Å². The minimum absolute atomic E-state index is 0.111. The second kappa shape index (κ2) is 8.69. The smallest absolute Gasteiger partial charge is 0.338 e. The van der Waals surface area contributed by atoms with Crippen molar-refractivity contribution in [3.05, 3.63) is 59.9 Å². The van der Waals surface area contributed by atoms with Crippen molar-refractivity contribution in [1.82, 2.24) is 14.5 Å². The van der Waals surface area contributed by atoms with E-state index in [1.807, 2.05) is 48.2 Å². The lowest BCUT2D eigenvalue weighted by molar-refractivity contribution is -0.138. The number of imidazole rings is 1. The topological polar surface area (TPSA) is 64.4 Å². The first-order valence-corrected chi connectivity index (χ1v) is 10.6. The van der Waals surface area contributed by atoms with E-state index >= 15 is 0 Å². The molecule has 6 nitrogen and oxygen atoms in total. The van der Waals surface area contributed by atoms with Gasteiger partial charge in [0.15, 0.2) is 6.61 Å². The molecule has 0 spiro atoms. The van der Waals surface area contributed by atoms with E-state index in [9.17, 15) is 9.59 Å². The molecule has 1 saturated heterocycles. The highest BCUT2D eigenvalue weighted by Gasteiger charge is 2.26. The minimum atomic E-state index is -0.498. The maximum Gasteiger partial charge on any atom is 0.338 e. The van der Waals surface area contributed by atoms with Crippen LogP contribution in [0.4, 0.5) is 0 Å². The fraction of sp³-hybridized carbons (Fsp3) is 0.375. The Balaban J connectivity index is 1.48. The van der Waals surface area contributed by atoms with E-state index in [1.165, 1.54) is 0 Å². The highest BCUT2D eigenvalue weighted by Crippen LogP contribution is 2.23. The Morgan fingerprint density at radius 3 is 2.70 bits per heavy atom. The highest BCUT2D eigenvalue weighted by molar-refractivity contribution is 5.95. The first-order valence-electron chi connectivity index (χ1n) is 10.6. The van der Waals surface area contributed by atoms with Crippen LogP contribution in [0.2, 0.25) is 0 Å². The van der Waals surface area contributed by atoms with Crippen LogP contribution in [-0.2, 0) is 9.53 Å². The number of rotatable bonds is 5. The van der Waals surface area contributed by atoms with Crippen LogP contribution in [-0.4, -0.2) is 45.5 Å². The normalized spacial score (nSPS) is 16.6. The molecule has 3 aromatic rings. The van der Waals surface area contributed by atoms with E-state index in [1.54, 1.807) is 12.1 Å². The third kappa shape index (κ3) is 3.95. The molecule has 6 heteroatoms. The number of ether oxygens (including phenoxy) is 1. The Morgan fingerprint density at radius 1 is 1.13 bits per heavy atom. The summed E-state index contributed by atoms with van der Waals surface area (Å²) >= 11 is 0. The van der Waals surface area contributed by atoms with E-state index in [0.29, 0.717) is 5.56 Å². The van der Waals surface area contributed by atoms with Crippen molar-refractivity contribution >= 4 is 22.9 Å². The third-order valence-electron chi connectivity index (χ3n) is 5.82. The largest absolute Gasteiger partial charge is 0.452 e. The summed E-state index contributed by atoms with van der Waals surface area (Å²) in [5, 5.41) is 0. The van der Waals surface area contributed by atoms with E-state index in [-0.39, 0.29) is 18.6 Å². The molecule has 0 radical (unpaired) electrons. The van der Waals surface area contributed by atoms with Gasteiger partial charge in [-0.15, -0.1) is 0 Å². The van der Waals surface area contributed by atoms with Gasteiger partial charge in [0.25, 0.3) is 5.91 Å². The summed E-state index contributed by atoms with van der Waals surface area (Å²) in [6, 6.07) is 15.6. The predicted octanol–water partition coefficient (Wildman–Crippen LogP) is 4.28. The van der Waals surface area contributed by atoms with Gasteiger partial charge in [-0.1, -0.05) is 25.1 Å². The monoisotopic (exact) mass is 405 g/mol. The van der Waals surface area contributed by atoms with Crippen LogP contribution in [0.3, 0.4) is 0 Å². The Bertz CT molecular complexity index is 1060. The molecule has 0 N–H and O–H groups in total. The van der Waals surface area contributed by atoms with Crippen LogP contribution in [0.1, 0.15) is 48.8 Å². The van der Waals surface area contributed by atoms with Crippen molar-refractivity contribution in [2.75, 3.05) is 13.2 Å². The number of para-hydroxylation sites is 1. The average molecular weight is 405 g/mol. The number of hydrogen-bond acceptors (Lipinski definition) is 4. The Hall–Kier alpha value is -3.15. The lowest BCUT2D eigenvalue weighted by atomic mass is 10.00. The number of hydrogen-bond donors (Lipinski definition) is 0. The molecule has 1 atom stereocenters. The Kier molecular flexibility index (Phi) is 5.84. The summed E-state index contributed by atoms with van der Waals surface area (Å²) in [6.07, 6.45) is 4.11. The standard InChI is InChI=1S/C24H27N3O3/c1-3-19-9-7-8-14-26(19)23(28)16-30-24(29)18-12-13-22-21(15-18)25-17(2)27(22)20-10-5-4-6-11-20/h4-6,10-13,15,19H,3,7-9,14,16H2,1-2H3/t19-/m1/s1. The van der Waals surface area contributed by atoms with Gasteiger partial charge < -0.3 is 9.64 Å². The second-order valence-corrected chi connectivity index (χ2v) is 7.75. The second-order valence-electron chi connectivity index (χ2n) is 7.75. The number of carbonyl (C=O) groups excluding carboxylic acids is 2. The van der Waals surface area contributed by atoms with Crippen molar-refractivity contribution in [1.29, 1.82) is 0 Å². The van der Waals surface area contributed by atoms with Gasteiger partial charge in [0.1, 0.15) is 5.82 Å². The summed E-state index contributed by atoms with van der Waals surface area (Å²) in [6.45, 7) is 4.56. The first-order chi connectivity index (χ1) is 14.6. The molecular formula is C24H27N3O3. The van der Waals surface area contributed by atoms with Crippen LogP contribution in [0.5, 0.6) is 0 Å². The molecule has 1 aromatic heterocycles. The maximum absolute atomic E-state index is 12.6. The number of likely N-dealkylation sites (tertiary alicyclic amines) is 1. The van der Waals surface area contributed by atoms with Crippen LogP contribution >= 0.6 is 0 Å². The summed E-state index contributed by atoms with van der Waals surface area (Å²) in [5.41, 5.74) is 3.06. The Morgan fingerprint density at radius 2 is 1.93 bits per heavy atom. The number of piperidine rings is 1. The number of aromatic nitrogens is 2. The van der Waals surface area contributed by atoms with E-state index in [4.69, 9.17) is 4.74 Å². The summed E-state index contributed by atoms with van der Waals surface area (Å²) in [4.78, 5) is 31.6. The average Bonchev–Trinajstić information content (AvgIpc) is 3.12. The fourth-order valence-corrected chi connectivity index (χ4v) is 4.28. The molecule has 30 heavy (non-hydrogen) atoms. The molecule has 156 valence electrons. The van der Waals surface area contributed by atoms with Gasteiger partial charge in [-0.3, -0.25) is 9.36 Å². The van der Waals surface area contributed by atoms with Crippen LogP contribution in [0, 0.1) is 6.92 Å². The highest BCUT2D eigenvalue weighted by atomic mass is 16.5. The van der Waals surface area contributed by atoms with Crippen LogP contribution in [0.15, 0.2) is 48.5 Å². The first kappa shape index (κ1) is 20.1. The third-order valence-corrected chi connectivity index (χ3v) is 5.82. The fourth-order valence-electron chi connectivity index (χ4n) is 4.28. The molecule has 1 aliphatic heterocycles. The van der Waals surface area contributed by atoms with Crippen LogP contribution in [0.25, 0.3) is 16.7 Å². The van der Waals surface area contributed by atoms with Crippen molar-refractivity contribution < 1.29 is 14.3 Å². The molecule has 1 aliphatic rings. The predicted molar refractivity (Wildman–Crippen MR) is 116 cm³/mol. The van der Waals surface area contributed by atoms with Crippen molar-refractivity contribution in [2.24, 2.45) is 0 Å². The zero-order chi connectivity index (χ0) is 21.1. The van der Waals surface area contributed by atoms with Crippen molar-refractivity contribution in [3.8, 4) is 5.69 Å². The molecule has 4 rings (SSSR count). The zero-order valence-electron chi connectivity index (χ0n) is 17.5.